The van der Waals surface area contributed by atoms with Crippen molar-refractivity contribution in [1.29, 1.82) is 0 Å². The second-order valence-corrected chi connectivity index (χ2v) is 5.56. The molecule has 1 saturated heterocycles. The highest BCUT2D eigenvalue weighted by Gasteiger charge is 2.49. The Balaban J connectivity index is 1.84. The van der Waals surface area contributed by atoms with Gasteiger partial charge in [0.15, 0.2) is 0 Å². The summed E-state index contributed by atoms with van der Waals surface area (Å²) in [5.74, 6) is -0.688. The number of carbonyl (C=O) groups is 2. The third-order valence-corrected chi connectivity index (χ3v) is 4.31. The van der Waals surface area contributed by atoms with Crippen molar-refractivity contribution in [3.8, 4) is 0 Å². The number of nitrogen functional groups attached to an aromatic ring is 1. The SMILES string of the molecule is Nc1ccc(CN2C(=O)C3CCCC3C2=O)cc1[N+](=O)[O-]. The van der Waals surface area contributed by atoms with Crippen LogP contribution in [0.2, 0.25) is 0 Å². The van der Waals surface area contributed by atoms with E-state index in [0.29, 0.717) is 5.56 Å². The summed E-state index contributed by atoms with van der Waals surface area (Å²) in [4.78, 5) is 36.0. The maximum atomic E-state index is 12.2. The minimum atomic E-state index is -0.568. The molecule has 2 fully saturated rings. The first kappa shape index (κ1) is 13.5. The van der Waals surface area contributed by atoms with Crippen LogP contribution in [-0.2, 0) is 16.1 Å². The molecule has 0 aromatic heterocycles. The van der Waals surface area contributed by atoms with Crippen LogP contribution >= 0.6 is 0 Å². The fraction of sp³-hybridized carbons (Fsp3) is 0.429. The Morgan fingerprint density at radius 1 is 1.24 bits per heavy atom. The number of hydrogen-bond donors (Lipinski definition) is 1. The van der Waals surface area contributed by atoms with Crippen molar-refractivity contribution in [2.24, 2.45) is 11.8 Å². The molecule has 0 spiro atoms. The van der Waals surface area contributed by atoms with E-state index < -0.39 is 4.92 Å². The van der Waals surface area contributed by atoms with Crippen LogP contribution in [0.1, 0.15) is 24.8 Å². The van der Waals surface area contributed by atoms with Gasteiger partial charge in [-0.05, 0) is 24.5 Å². The van der Waals surface area contributed by atoms with E-state index in [2.05, 4.69) is 0 Å². The van der Waals surface area contributed by atoms with Gasteiger partial charge >= 0.3 is 0 Å². The van der Waals surface area contributed by atoms with Crippen LogP contribution in [0.4, 0.5) is 11.4 Å². The van der Waals surface area contributed by atoms with Crippen LogP contribution in [0.3, 0.4) is 0 Å². The van der Waals surface area contributed by atoms with Gasteiger partial charge in [-0.2, -0.15) is 0 Å². The van der Waals surface area contributed by atoms with Crippen LogP contribution < -0.4 is 5.73 Å². The van der Waals surface area contributed by atoms with Crippen molar-refractivity contribution in [1.82, 2.24) is 4.90 Å². The Bertz CT molecular complexity index is 621. The van der Waals surface area contributed by atoms with Gasteiger partial charge in [-0.3, -0.25) is 24.6 Å². The van der Waals surface area contributed by atoms with Gasteiger partial charge in [0.25, 0.3) is 5.69 Å². The largest absolute Gasteiger partial charge is 0.393 e. The minimum absolute atomic E-state index is 0.0692. The van der Waals surface area contributed by atoms with Gasteiger partial charge in [0.1, 0.15) is 5.69 Å². The number of fused-ring (bicyclic) bond motifs is 1. The fourth-order valence-corrected chi connectivity index (χ4v) is 3.24. The van der Waals surface area contributed by atoms with E-state index >= 15 is 0 Å². The lowest BCUT2D eigenvalue weighted by atomic mass is 10.00. The lowest BCUT2D eigenvalue weighted by molar-refractivity contribution is -0.384. The molecule has 2 aliphatic rings. The van der Waals surface area contributed by atoms with E-state index in [-0.39, 0.29) is 41.6 Å². The summed E-state index contributed by atoms with van der Waals surface area (Å²) in [5, 5.41) is 10.9. The Morgan fingerprint density at radius 2 is 1.86 bits per heavy atom. The zero-order chi connectivity index (χ0) is 15.1. The molecule has 1 aliphatic heterocycles. The summed E-state index contributed by atoms with van der Waals surface area (Å²) in [6.45, 7) is 0.0752. The van der Waals surface area contributed by atoms with Gasteiger partial charge in [0, 0.05) is 6.07 Å². The predicted octanol–water partition coefficient (Wildman–Crippen LogP) is 1.46. The molecular weight excluding hydrogens is 274 g/mol. The molecule has 0 radical (unpaired) electrons. The Hall–Kier alpha value is -2.44. The Morgan fingerprint density at radius 3 is 2.43 bits per heavy atom. The van der Waals surface area contributed by atoms with E-state index in [9.17, 15) is 19.7 Å². The molecule has 21 heavy (non-hydrogen) atoms. The number of carbonyl (C=O) groups excluding carboxylic acids is 2. The second kappa shape index (κ2) is 4.83. The molecule has 1 aromatic carbocycles. The summed E-state index contributed by atoms with van der Waals surface area (Å²) >= 11 is 0. The van der Waals surface area contributed by atoms with Gasteiger partial charge in [0.2, 0.25) is 11.8 Å². The van der Waals surface area contributed by atoms with Crippen molar-refractivity contribution in [3.63, 3.8) is 0 Å². The predicted molar refractivity (Wildman–Crippen MR) is 73.9 cm³/mol. The molecule has 1 aliphatic carbocycles. The highest BCUT2D eigenvalue weighted by molar-refractivity contribution is 6.05. The number of rotatable bonds is 3. The number of hydrogen-bond acceptors (Lipinski definition) is 5. The number of nitro groups is 1. The molecule has 3 rings (SSSR count). The van der Waals surface area contributed by atoms with Crippen LogP contribution in [0.15, 0.2) is 18.2 Å². The zero-order valence-corrected chi connectivity index (χ0v) is 11.3. The van der Waals surface area contributed by atoms with Crippen LogP contribution in [-0.4, -0.2) is 21.6 Å². The first-order chi connectivity index (χ1) is 9.99. The lowest BCUT2D eigenvalue weighted by Crippen LogP contribution is -2.31. The van der Waals surface area contributed by atoms with Gasteiger partial charge in [0.05, 0.1) is 23.3 Å². The van der Waals surface area contributed by atoms with E-state index in [1.807, 2.05) is 0 Å². The maximum Gasteiger partial charge on any atom is 0.292 e. The average Bonchev–Trinajstić information content (AvgIpc) is 3.00. The minimum Gasteiger partial charge on any atom is -0.393 e. The molecule has 2 unspecified atom stereocenters. The van der Waals surface area contributed by atoms with Crippen molar-refractivity contribution in [2.45, 2.75) is 25.8 Å². The summed E-state index contributed by atoms with van der Waals surface area (Å²) in [7, 11) is 0. The first-order valence-electron chi connectivity index (χ1n) is 6.87. The standard InChI is InChI=1S/C14H15N3O4/c15-11-5-4-8(6-12(11)17(20)21)7-16-13(18)9-2-1-3-10(9)14(16)19/h4-6,9-10H,1-3,7,15H2. The number of amides is 2. The van der Waals surface area contributed by atoms with Gasteiger partial charge in [-0.25, -0.2) is 0 Å². The van der Waals surface area contributed by atoms with Crippen molar-refractivity contribution in [2.75, 3.05) is 5.73 Å². The molecule has 1 saturated carbocycles. The van der Waals surface area contributed by atoms with Crippen LogP contribution in [0.25, 0.3) is 0 Å². The molecule has 110 valence electrons. The molecule has 0 bridgehead atoms. The number of anilines is 1. The number of nitrogens with zero attached hydrogens (tertiary/aromatic N) is 2. The Labute approximate surface area is 120 Å². The topological polar surface area (TPSA) is 107 Å². The van der Waals surface area contributed by atoms with Gasteiger partial charge < -0.3 is 5.73 Å². The maximum absolute atomic E-state index is 12.2. The molecule has 1 aromatic rings. The van der Waals surface area contributed by atoms with E-state index in [0.717, 1.165) is 19.3 Å². The molecular formula is C14H15N3O4. The second-order valence-electron chi connectivity index (χ2n) is 5.56. The van der Waals surface area contributed by atoms with Gasteiger partial charge in [-0.1, -0.05) is 12.5 Å². The Kier molecular flexibility index (Phi) is 3.12. The number of nitro benzene ring substituents is 1. The molecule has 2 N–H and O–H groups in total. The summed E-state index contributed by atoms with van der Waals surface area (Å²) < 4.78 is 0. The third kappa shape index (κ3) is 2.14. The number of imide groups is 1. The van der Waals surface area contributed by atoms with Crippen molar-refractivity contribution >= 4 is 23.2 Å². The average molecular weight is 289 g/mol. The highest BCUT2D eigenvalue weighted by atomic mass is 16.6. The molecule has 7 nitrogen and oxygen atoms in total. The van der Waals surface area contributed by atoms with Crippen LogP contribution in [0, 0.1) is 22.0 Å². The van der Waals surface area contributed by atoms with Crippen molar-refractivity contribution < 1.29 is 14.5 Å². The fourth-order valence-electron chi connectivity index (χ4n) is 3.24. The van der Waals surface area contributed by atoms with E-state index in [4.69, 9.17) is 5.73 Å². The van der Waals surface area contributed by atoms with Gasteiger partial charge in [-0.15, -0.1) is 0 Å². The van der Waals surface area contributed by atoms with Crippen molar-refractivity contribution in [3.05, 3.63) is 33.9 Å². The number of likely N-dealkylation sites (tertiary alicyclic amines) is 1. The lowest BCUT2D eigenvalue weighted by Gasteiger charge is -2.16. The summed E-state index contributed by atoms with van der Waals surface area (Å²) in [5.41, 5.74) is 5.95. The van der Waals surface area contributed by atoms with E-state index in [1.165, 1.54) is 17.0 Å². The highest BCUT2D eigenvalue weighted by Crippen LogP contribution is 2.40. The first-order valence-corrected chi connectivity index (χ1v) is 6.87. The van der Waals surface area contributed by atoms with Crippen LogP contribution in [0.5, 0.6) is 0 Å². The van der Waals surface area contributed by atoms with E-state index in [1.54, 1.807) is 6.07 Å². The molecule has 2 amide bonds. The quantitative estimate of drug-likeness (QED) is 0.392. The third-order valence-electron chi connectivity index (χ3n) is 4.31. The number of nitrogens with two attached hydrogens (primary N) is 1. The zero-order valence-electron chi connectivity index (χ0n) is 11.3. The summed E-state index contributed by atoms with van der Waals surface area (Å²) in [6, 6.07) is 4.36. The molecule has 2 atom stereocenters. The molecule has 1 heterocycles. The summed E-state index contributed by atoms with van der Waals surface area (Å²) in [6.07, 6.45) is 2.43. The molecule has 7 heteroatoms. The normalized spacial score (nSPS) is 24.5. The smallest absolute Gasteiger partial charge is 0.292 e. The monoisotopic (exact) mass is 289 g/mol. The number of benzene rings is 1.